The fraction of sp³-hybridized carbons (Fsp3) is 0.0455. The van der Waals surface area contributed by atoms with Crippen LogP contribution in [-0.2, 0) is 0 Å². The van der Waals surface area contributed by atoms with E-state index in [2.05, 4.69) is 0 Å². The number of nitrogens with two attached hydrogens (primary N) is 1. The number of halogens is 1. The van der Waals surface area contributed by atoms with Gasteiger partial charge in [-0.15, -0.1) is 0 Å². The summed E-state index contributed by atoms with van der Waals surface area (Å²) in [5.41, 5.74) is 9.75. The van der Waals surface area contributed by atoms with Gasteiger partial charge in [0.1, 0.15) is 0 Å². The number of nitrogen functional groups attached to an aromatic ring is 1. The normalized spacial score (nSPS) is 13.0. The van der Waals surface area contributed by atoms with Crippen molar-refractivity contribution in [2.45, 2.75) is 0 Å². The van der Waals surface area contributed by atoms with Gasteiger partial charge in [0.15, 0.2) is 11.6 Å². The lowest BCUT2D eigenvalue weighted by molar-refractivity contribution is 0.387. The van der Waals surface area contributed by atoms with Crippen molar-refractivity contribution < 1.29 is 14.2 Å². The number of aromatic hydroxyl groups is 1. The van der Waals surface area contributed by atoms with E-state index >= 15 is 0 Å². The molecule has 0 bridgehead atoms. The summed E-state index contributed by atoms with van der Waals surface area (Å²) < 4.78 is 21.6. The maximum atomic E-state index is 14.9. The molecule has 1 aliphatic carbocycles. The van der Waals surface area contributed by atoms with Gasteiger partial charge in [0.2, 0.25) is 5.88 Å². The molecule has 0 atom stereocenters. The van der Waals surface area contributed by atoms with E-state index in [1.807, 2.05) is 24.3 Å². The van der Waals surface area contributed by atoms with Crippen molar-refractivity contribution in [1.82, 2.24) is 9.55 Å². The number of hydrogen-bond donors (Lipinski definition) is 2. The lowest BCUT2D eigenvalue weighted by Crippen LogP contribution is -1.96. The number of benzene rings is 2. The van der Waals surface area contributed by atoms with E-state index in [-0.39, 0.29) is 11.6 Å². The van der Waals surface area contributed by atoms with E-state index in [4.69, 9.17) is 15.5 Å². The number of pyridine rings is 1. The number of aromatic nitrogens is 2. The first kappa shape index (κ1) is 16.4. The van der Waals surface area contributed by atoms with E-state index in [9.17, 15) is 9.50 Å². The molecule has 0 saturated heterocycles. The molecule has 2 heterocycles. The molecule has 0 amide bonds. The number of para-hydroxylation sites is 1. The first-order chi connectivity index (χ1) is 13.6. The molecular weight excluding hydrogens is 357 g/mol. The lowest BCUT2D eigenvalue weighted by atomic mass is 9.99. The monoisotopic (exact) mass is 373 g/mol. The summed E-state index contributed by atoms with van der Waals surface area (Å²) in [6.45, 7) is 0. The highest BCUT2D eigenvalue weighted by Crippen LogP contribution is 2.41. The van der Waals surface area contributed by atoms with Crippen LogP contribution in [0.4, 0.5) is 10.1 Å². The molecule has 138 valence electrons. The molecule has 6 heteroatoms. The van der Waals surface area contributed by atoms with E-state index < -0.39 is 5.82 Å². The van der Waals surface area contributed by atoms with Crippen LogP contribution >= 0.6 is 0 Å². The van der Waals surface area contributed by atoms with Gasteiger partial charge in [-0.1, -0.05) is 36.4 Å². The summed E-state index contributed by atoms with van der Waals surface area (Å²) >= 11 is 0. The molecule has 5 rings (SSSR count). The number of nitrogens with zero attached hydrogens (tertiary/aromatic N) is 2. The smallest absolute Gasteiger partial charge is 0.207 e. The van der Waals surface area contributed by atoms with Crippen molar-refractivity contribution >= 4 is 33.2 Å². The molecule has 5 nitrogen and oxygen atoms in total. The SMILES string of the molecule is COc1cccc(-c2cccc3c(N)c4c(O)n(C5=CC=C5)cc4nc23)c1F. The molecule has 4 aromatic rings. The molecule has 28 heavy (non-hydrogen) atoms. The Morgan fingerprint density at radius 1 is 1.14 bits per heavy atom. The Balaban J connectivity index is 1.84. The second-order valence-electron chi connectivity index (χ2n) is 6.58. The van der Waals surface area contributed by atoms with Crippen molar-refractivity contribution in [3.63, 3.8) is 0 Å². The van der Waals surface area contributed by atoms with Crippen LogP contribution in [0.2, 0.25) is 0 Å². The summed E-state index contributed by atoms with van der Waals surface area (Å²) in [5, 5.41) is 11.8. The van der Waals surface area contributed by atoms with E-state index in [1.165, 1.54) is 7.11 Å². The predicted octanol–water partition coefficient (Wildman–Crippen LogP) is 4.70. The van der Waals surface area contributed by atoms with Crippen LogP contribution in [0.1, 0.15) is 0 Å². The standard InChI is InChI=1S/C22H16FN3O2/c1-28-17-10-4-7-13(19(17)23)14-8-3-9-15-20(24)18-16(25-21(14)15)11-26(22(18)27)12-5-2-6-12/h2-11,27H,24H2,1H3. The van der Waals surface area contributed by atoms with Crippen LogP contribution in [0.3, 0.4) is 0 Å². The first-order valence-corrected chi connectivity index (χ1v) is 8.74. The van der Waals surface area contributed by atoms with Crippen molar-refractivity contribution in [2.75, 3.05) is 12.8 Å². The molecule has 0 radical (unpaired) electrons. The molecule has 0 aliphatic heterocycles. The Bertz CT molecular complexity index is 1340. The van der Waals surface area contributed by atoms with Crippen LogP contribution in [0.15, 0.2) is 60.8 Å². The number of anilines is 1. The van der Waals surface area contributed by atoms with Crippen molar-refractivity contribution in [3.8, 4) is 22.8 Å². The highest BCUT2D eigenvalue weighted by atomic mass is 19.1. The van der Waals surface area contributed by atoms with E-state index in [1.54, 1.807) is 41.1 Å². The number of hydrogen-bond acceptors (Lipinski definition) is 4. The molecule has 1 aliphatic rings. The summed E-state index contributed by atoms with van der Waals surface area (Å²) in [7, 11) is 1.43. The van der Waals surface area contributed by atoms with Crippen LogP contribution in [0, 0.1) is 5.82 Å². The highest BCUT2D eigenvalue weighted by Gasteiger charge is 2.20. The topological polar surface area (TPSA) is 73.3 Å². The van der Waals surface area contributed by atoms with Gasteiger partial charge in [0.05, 0.1) is 29.2 Å². The number of fused-ring (bicyclic) bond motifs is 2. The third-order valence-electron chi connectivity index (χ3n) is 5.07. The first-order valence-electron chi connectivity index (χ1n) is 8.74. The Hall–Kier alpha value is -3.80. The van der Waals surface area contributed by atoms with E-state index in [0.717, 1.165) is 5.70 Å². The summed E-state index contributed by atoms with van der Waals surface area (Å²) in [4.78, 5) is 4.71. The average Bonchev–Trinajstić information content (AvgIpc) is 2.97. The largest absolute Gasteiger partial charge is 0.494 e. The average molecular weight is 373 g/mol. The van der Waals surface area contributed by atoms with Crippen LogP contribution < -0.4 is 10.5 Å². The summed E-state index contributed by atoms with van der Waals surface area (Å²) in [6, 6.07) is 10.4. The quantitative estimate of drug-likeness (QED) is 0.546. The molecule has 0 saturated carbocycles. The zero-order valence-corrected chi connectivity index (χ0v) is 15.0. The van der Waals surface area contributed by atoms with Gasteiger partial charge >= 0.3 is 0 Å². The molecule has 0 spiro atoms. The van der Waals surface area contributed by atoms with Gasteiger partial charge in [-0.3, -0.25) is 4.57 Å². The number of ether oxygens (including phenoxy) is 1. The second kappa shape index (κ2) is 5.85. The zero-order chi connectivity index (χ0) is 19.4. The Morgan fingerprint density at radius 2 is 1.89 bits per heavy atom. The van der Waals surface area contributed by atoms with Gasteiger partial charge in [-0.25, -0.2) is 9.37 Å². The zero-order valence-electron chi connectivity index (χ0n) is 15.0. The van der Waals surface area contributed by atoms with Crippen molar-refractivity contribution in [2.24, 2.45) is 0 Å². The minimum atomic E-state index is -0.455. The van der Waals surface area contributed by atoms with E-state index in [0.29, 0.717) is 38.6 Å². The van der Waals surface area contributed by atoms with Crippen LogP contribution in [0.25, 0.3) is 38.6 Å². The maximum Gasteiger partial charge on any atom is 0.207 e. The third-order valence-corrected chi connectivity index (χ3v) is 5.07. The van der Waals surface area contributed by atoms with Crippen molar-refractivity contribution in [3.05, 3.63) is 66.6 Å². The third kappa shape index (κ3) is 2.15. The Morgan fingerprint density at radius 3 is 2.61 bits per heavy atom. The van der Waals surface area contributed by atoms with Crippen LogP contribution in [0.5, 0.6) is 11.6 Å². The fourth-order valence-corrected chi connectivity index (χ4v) is 3.60. The number of methoxy groups -OCH3 is 1. The molecular formula is C22H16FN3O2. The summed E-state index contributed by atoms with van der Waals surface area (Å²) in [5.74, 6) is -0.255. The van der Waals surface area contributed by atoms with Gasteiger partial charge in [-0.05, 0) is 18.2 Å². The number of allylic oxidation sites excluding steroid dienone is 4. The maximum absolute atomic E-state index is 14.9. The van der Waals surface area contributed by atoms with Gasteiger partial charge < -0.3 is 15.6 Å². The molecule has 3 N–H and O–H groups in total. The molecule has 2 aromatic carbocycles. The fourth-order valence-electron chi connectivity index (χ4n) is 3.60. The molecule has 0 unspecified atom stereocenters. The lowest BCUT2D eigenvalue weighted by Gasteiger charge is -2.12. The van der Waals surface area contributed by atoms with Crippen LogP contribution in [-0.4, -0.2) is 21.8 Å². The predicted molar refractivity (Wildman–Crippen MR) is 109 cm³/mol. The Labute approximate surface area is 159 Å². The van der Waals surface area contributed by atoms with Gasteiger partial charge in [0.25, 0.3) is 0 Å². The second-order valence-corrected chi connectivity index (χ2v) is 6.58. The molecule has 2 aromatic heterocycles. The Kier molecular flexibility index (Phi) is 3.42. The minimum Gasteiger partial charge on any atom is -0.494 e. The number of rotatable bonds is 3. The highest BCUT2D eigenvalue weighted by molar-refractivity contribution is 6.12. The van der Waals surface area contributed by atoms with Gasteiger partial charge in [0, 0.05) is 28.4 Å². The van der Waals surface area contributed by atoms with Gasteiger partial charge in [-0.2, -0.15) is 0 Å². The summed E-state index contributed by atoms with van der Waals surface area (Å²) in [6.07, 6.45) is 7.38. The van der Waals surface area contributed by atoms with Crippen molar-refractivity contribution in [1.29, 1.82) is 0 Å². The molecule has 0 fully saturated rings. The minimum absolute atomic E-state index is 0.0375.